The quantitative estimate of drug-likeness (QED) is 0.667. The number of hydrogen-bond donors (Lipinski definition) is 2. The minimum Gasteiger partial charge on any atom is -0.508 e. The number of benzene rings is 3. The Morgan fingerprint density at radius 3 is 1.60 bits per heavy atom. The third-order valence-electron chi connectivity index (χ3n) is 4.58. The fourth-order valence-electron chi connectivity index (χ4n) is 3.29. The number of phenolic OH excluding ortho intramolecular Hbond substituents is 2. The Bertz CT molecular complexity index is 831. The predicted molar refractivity (Wildman–Crippen MR) is 99.6 cm³/mol. The molecule has 3 aromatic carbocycles. The molecule has 2 N–H and O–H groups in total. The highest BCUT2D eigenvalue weighted by atomic mass is 16.5. The first-order valence-electron chi connectivity index (χ1n) is 8.22. The molecule has 0 radical (unpaired) electrons. The molecule has 0 spiro atoms. The third kappa shape index (κ3) is 3.45. The molecule has 3 rings (SSSR count). The van der Waals surface area contributed by atoms with E-state index >= 15 is 0 Å². The fourth-order valence-corrected chi connectivity index (χ4v) is 3.29. The lowest BCUT2D eigenvalue weighted by atomic mass is 9.81. The first kappa shape index (κ1) is 16.9. The van der Waals surface area contributed by atoms with Crippen molar-refractivity contribution in [3.63, 3.8) is 0 Å². The van der Waals surface area contributed by atoms with Crippen molar-refractivity contribution in [2.24, 2.45) is 0 Å². The maximum absolute atomic E-state index is 9.77. The zero-order valence-electron chi connectivity index (χ0n) is 14.7. The Morgan fingerprint density at radius 2 is 1.20 bits per heavy atom. The van der Waals surface area contributed by atoms with Gasteiger partial charge in [-0.25, -0.2) is 0 Å². The monoisotopic (exact) mass is 334 g/mol. The lowest BCUT2D eigenvalue weighted by molar-refractivity contribution is 0.414. The molecule has 3 aromatic rings. The van der Waals surface area contributed by atoms with Gasteiger partial charge in [0.15, 0.2) is 0 Å². The summed E-state index contributed by atoms with van der Waals surface area (Å²) in [6, 6.07) is 18.9. The summed E-state index contributed by atoms with van der Waals surface area (Å²) in [6.45, 7) is 4.00. The van der Waals surface area contributed by atoms with Gasteiger partial charge < -0.3 is 14.9 Å². The Kier molecular flexibility index (Phi) is 4.66. The van der Waals surface area contributed by atoms with Gasteiger partial charge in [-0.1, -0.05) is 24.3 Å². The van der Waals surface area contributed by atoms with E-state index in [2.05, 4.69) is 12.1 Å². The lowest BCUT2D eigenvalue weighted by Gasteiger charge is -2.23. The number of hydrogen-bond acceptors (Lipinski definition) is 3. The van der Waals surface area contributed by atoms with Crippen LogP contribution in [0.25, 0.3) is 0 Å². The molecule has 0 aliphatic heterocycles. The molecular weight excluding hydrogens is 312 g/mol. The van der Waals surface area contributed by atoms with Gasteiger partial charge in [0.25, 0.3) is 0 Å². The van der Waals surface area contributed by atoms with Gasteiger partial charge in [0.05, 0.1) is 7.11 Å². The summed E-state index contributed by atoms with van der Waals surface area (Å²) in [4.78, 5) is 0. The lowest BCUT2D eigenvalue weighted by Crippen LogP contribution is -2.07. The molecule has 0 heterocycles. The molecule has 0 amide bonds. The van der Waals surface area contributed by atoms with E-state index in [0.717, 1.165) is 33.6 Å². The standard InChI is InChI=1S/C22H22O3/c1-14-12-17(23)6-10-20(14)22(16-4-8-19(25-3)9-5-16)21-11-7-18(24)13-15(21)2/h4-13,22-24H,1-3H3. The van der Waals surface area contributed by atoms with E-state index in [1.54, 1.807) is 31.4 Å². The first-order chi connectivity index (χ1) is 12.0. The second-order valence-corrected chi connectivity index (χ2v) is 6.29. The molecule has 3 nitrogen and oxygen atoms in total. The number of methoxy groups -OCH3 is 1. The van der Waals surface area contributed by atoms with Crippen LogP contribution in [0.1, 0.15) is 33.7 Å². The smallest absolute Gasteiger partial charge is 0.118 e. The zero-order chi connectivity index (χ0) is 18.0. The molecule has 3 heteroatoms. The molecule has 0 unspecified atom stereocenters. The maximum Gasteiger partial charge on any atom is 0.118 e. The third-order valence-corrected chi connectivity index (χ3v) is 4.58. The van der Waals surface area contributed by atoms with Crippen LogP contribution < -0.4 is 4.74 Å². The van der Waals surface area contributed by atoms with Crippen LogP contribution in [0, 0.1) is 13.8 Å². The maximum atomic E-state index is 9.77. The molecule has 0 fully saturated rings. The highest BCUT2D eigenvalue weighted by Gasteiger charge is 2.21. The molecule has 0 aliphatic rings. The number of ether oxygens (including phenoxy) is 1. The second kappa shape index (κ2) is 6.89. The average Bonchev–Trinajstić information content (AvgIpc) is 2.59. The van der Waals surface area contributed by atoms with E-state index < -0.39 is 0 Å². The van der Waals surface area contributed by atoms with Crippen LogP contribution in [0.3, 0.4) is 0 Å². The van der Waals surface area contributed by atoms with Crippen LogP contribution in [0.2, 0.25) is 0 Å². The van der Waals surface area contributed by atoms with Gasteiger partial charge in [-0.05, 0) is 78.1 Å². The van der Waals surface area contributed by atoms with E-state index in [9.17, 15) is 10.2 Å². The van der Waals surface area contributed by atoms with E-state index in [4.69, 9.17) is 4.74 Å². The summed E-state index contributed by atoms with van der Waals surface area (Å²) in [5.74, 6) is 1.34. The Balaban J connectivity index is 2.19. The van der Waals surface area contributed by atoms with Gasteiger partial charge in [0.1, 0.15) is 17.2 Å². The van der Waals surface area contributed by atoms with E-state index in [1.807, 2.05) is 38.1 Å². The van der Waals surface area contributed by atoms with Gasteiger partial charge in [0.2, 0.25) is 0 Å². The van der Waals surface area contributed by atoms with Crippen molar-refractivity contribution in [3.05, 3.63) is 88.5 Å². The van der Waals surface area contributed by atoms with E-state index in [-0.39, 0.29) is 17.4 Å². The van der Waals surface area contributed by atoms with Crippen molar-refractivity contribution < 1.29 is 14.9 Å². The fraction of sp³-hybridized carbons (Fsp3) is 0.182. The van der Waals surface area contributed by atoms with Crippen molar-refractivity contribution in [1.82, 2.24) is 0 Å². The van der Waals surface area contributed by atoms with Gasteiger partial charge in [-0.2, -0.15) is 0 Å². The van der Waals surface area contributed by atoms with Crippen molar-refractivity contribution in [2.45, 2.75) is 19.8 Å². The number of aryl methyl sites for hydroxylation is 2. The molecule has 0 aliphatic carbocycles. The molecule has 128 valence electrons. The molecule has 0 aromatic heterocycles. The van der Waals surface area contributed by atoms with E-state index in [0.29, 0.717) is 0 Å². The molecular formula is C22H22O3. The normalized spacial score (nSPS) is 10.9. The molecule has 0 atom stereocenters. The molecule has 25 heavy (non-hydrogen) atoms. The highest BCUT2D eigenvalue weighted by Crippen LogP contribution is 2.37. The Morgan fingerprint density at radius 1 is 0.720 bits per heavy atom. The SMILES string of the molecule is COc1ccc(C(c2ccc(O)cc2C)c2ccc(O)cc2C)cc1. The first-order valence-corrected chi connectivity index (χ1v) is 8.22. The largest absolute Gasteiger partial charge is 0.508 e. The van der Waals surface area contributed by atoms with Gasteiger partial charge >= 0.3 is 0 Å². The van der Waals surface area contributed by atoms with Crippen molar-refractivity contribution >= 4 is 0 Å². The summed E-state index contributed by atoms with van der Waals surface area (Å²) in [6.07, 6.45) is 0. The number of aromatic hydroxyl groups is 2. The average molecular weight is 334 g/mol. The van der Waals surface area contributed by atoms with Crippen molar-refractivity contribution in [1.29, 1.82) is 0 Å². The van der Waals surface area contributed by atoms with Crippen LogP contribution in [-0.2, 0) is 0 Å². The number of rotatable bonds is 4. The van der Waals surface area contributed by atoms with Crippen LogP contribution in [0.15, 0.2) is 60.7 Å². The van der Waals surface area contributed by atoms with E-state index in [1.165, 1.54) is 0 Å². The van der Waals surface area contributed by atoms with Gasteiger partial charge in [-0.3, -0.25) is 0 Å². The number of phenols is 2. The molecule has 0 bridgehead atoms. The van der Waals surface area contributed by atoms with Gasteiger partial charge in [-0.15, -0.1) is 0 Å². The van der Waals surface area contributed by atoms with Crippen LogP contribution in [-0.4, -0.2) is 17.3 Å². The predicted octanol–water partition coefficient (Wildman–Crippen LogP) is 4.90. The minimum absolute atomic E-state index is 0.00658. The topological polar surface area (TPSA) is 49.7 Å². The second-order valence-electron chi connectivity index (χ2n) is 6.29. The summed E-state index contributed by atoms with van der Waals surface area (Å²) < 4.78 is 5.27. The van der Waals surface area contributed by atoms with Crippen LogP contribution >= 0.6 is 0 Å². The Hall–Kier alpha value is -2.94. The molecule has 0 saturated carbocycles. The minimum atomic E-state index is 0.00658. The Labute approximate surface area is 148 Å². The van der Waals surface area contributed by atoms with Crippen LogP contribution in [0.5, 0.6) is 17.2 Å². The highest BCUT2D eigenvalue weighted by molar-refractivity contribution is 5.51. The summed E-state index contributed by atoms with van der Waals surface area (Å²) in [5.41, 5.74) is 5.42. The van der Waals surface area contributed by atoms with Gasteiger partial charge in [0, 0.05) is 5.92 Å². The van der Waals surface area contributed by atoms with Crippen molar-refractivity contribution in [2.75, 3.05) is 7.11 Å². The summed E-state index contributed by atoms with van der Waals surface area (Å²) in [5, 5.41) is 19.5. The molecule has 0 saturated heterocycles. The van der Waals surface area contributed by atoms with Crippen molar-refractivity contribution in [3.8, 4) is 17.2 Å². The zero-order valence-corrected chi connectivity index (χ0v) is 14.7. The summed E-state index contributed by atoms with van der Waals surface area (Å²) >= 11 is 0. The van der Waals surface area contributed by atoms with Crippen LogP contribution in [0.4, 0.5) is 0 Å². The summed E-state index contributed by atoms with van der Waals surface area (Å²) in [7, 11) is 1.65.